The third kappa shape index (κ3) is 2.80. The molecule has 0 saturated heterocycles. The van der Waals surface area contributed by atoms with Gasteiger partial charge in [-0.25, -0.2) is 19.2 Å². The Kier molecular flexibility index (Phi) is 5.25. The number of carboxylic acids is 4. The highest BCUT2D eigenvalue weighted by atomic mass is 35.5. The van der Waals surface area contributed by atoms with Gasteiger partial charge in [0, 0.05) is 10.8 Å². The molecule has 0 spiro atoms. The quantitative estimate of drug-likeness (QED) is 0.549. The van der Waals surface area contributed by atoms with Crippen molar-refractivity contribution in [2.24, 2.45) is 0 Å². The summed E-state index contributed by atoms with van der Waals surface area (Å²) in [6.07, 6.45) is 0. The van der Waals surface area contributed by atoms with E-state index in [4.69, 9.17) is 46.4 Å². The van der Waals surface area contributed by atoms with Crippen LogP contribution in [0.5, 0.6) is 0 Å². The standard InChI is InChI=1S/C14H4Cl4O8/c15-7-3(11(19)20)1-2(5(9(7)17)13(23)24)6(14(25)26)10(18)8(16)4(1)12(21)22/h(H,19,20)(H,21,22)(H,23,24)(H,25,26). The minimum Gasteiger partial charge on any atom is -0.478 e. The summed E-state index contributed by atoms with van der Waals surface area (Å²) in [6, 6.07) is 0. The van der Waals surface area contributed by atoms with Gasteiger partial charge in [0.05, 0.1) is 42.3 Å². The van der Waals surface area contributed by atoms with Crippen LogP contribution in [0, 0.1) is 0 Å². The number of fused-ring (bicyclic) bond motifs is 1. The summed E-state index contributed by atoms with van der Waals surface area (Å²) in [6.45, 7) is 0. The van der Waals surface area contributed by atoms with E-state index in [2.05, 4.69) is 0 Å². The lowest BCUT2D eigenvalue weighted by atomic mass is 9.91. The highest BCUT2D eigenvalue weighted by Crippen LogP contribution is 2.45. The molecule has 2 aromatic carbocycles. The van der Waals surface area contributed by atoms with E-state index in [0.717, 1.165) is 0 Å². The van der Waals surface area contributed by atoms with E-state index in [1.807, 2.05) is 0 Å². The van der Waals surface area contributed by atoms with Gasteiger partial charge in [-0.05, 0) is 0 Å². The van der Waals surface area contributed by atoms with Gasteiger partial charge >= 0.3 is 23.9 Å². The van der Waals surface area contributed by atoms with Crippen LogP contribution in [0.2, 0.25) is 20.1 Å². The summed E-state index contributed by atoms with van der Waals surface area (Å²) in [5.41, 5.74) is -3.68. The Balaban J connectivity index is 3.51. The van der Waals surface area contributed by atoms with Crippen molar-refractivity contribution in [3.05, 3.63) is 42.3 Å². The lowest BCUT2D eigenvalue weighted by Gasteiger charge is -2.18. The summed E-state index contributed by atoms with van der Waals surface area (Å²) in [5.74, 6) is -7.13. The van der Waals surface area contributed by atoms with Crippen LogP contribution in [-0.2, 0) is 0 Å². The Hall–Kier alpha value is -2.26. The third-order valence-electron chi connectivity index (χ3n) is 3.37. The highest BCUT2D eigenvalue weighted by Gasteiger charge is 2.34. The summed E-state index contributed by atoms with van der Waals surface area (Å²) >= 11 is 23.3. The van der Waals surface area contributed by atoms with E-state index in [1.165, 1.54) is 0 Å². The molecule has 2 rings (SSSR count). The molecule has 0 aliphatic carbocycles. The molecule has 0 aromatic heterocycles. The fraction of sp³-hybridized carbons (Fsp3) is 0. The molecule has 12 heteroatoms. The van der Waals surface area contributed by atoms with E-state index in [1.54, 1.807) is 0 Å². The first-order chi connectivity index (χ1) is 11.9. The first-order valence-electron chi connectivity index (χ1n) is 6.22. The van der Waals surface area contributed by atoms with Crippen molar-refractivity contribution in [2.75, 3.05) is 0 Å². The molecule has 0 atom stereocenters. The Morgan fingerprint density at radius 1 is 0.462 bits per heavy atom. The number of hydrogen-bond acceptors (Lipinski definition) is 4. The number of halogens is 4. The molecule has 26 heavy (non-hydrogen) atoms. The zero-order valence-corrected chi connectivity index (χ0v) is 15.0. The van der Waals surface area contributed by atoms with Gasteiger partial charge in [-0.2, -0.15) is 0 Å². The Morgan fingerprint density at radius 2 is 0.615 bits per heavy atom. The van der Waals surface area contributed by atoms with Crippen LogP contribution in [0.4, 0.5) is 0 Å². The van der Waals surface area contributed by atoms with Gasteiger partial charge in [-0.3, -0.25) is 0 Å². The first-order valence-corrected chi connectivity index (χ1v) is 7.73. The monoisotopic (exact) mass is 440 g/mol. The maximum atomic E-state index is 11.6. The van der Waals surface area contributed by atoms with E-state index in [0.29, 0.717) is 0 Å². The van der Waals surface area contributed by atoms with Gasteiger partial charge < -0.3 is 20.4 Å². The number of benzene rings is 2. The van der Waals surface area contributed by atoms with Gasteiger partial charge in [0.2, 0.25) is 0 Å². The second-order valence-electron chi connectivity index (χ2n) is 4.73. The van der Waals surface area contributed by atoms with Crippen LogP contribution in [0.3, 0.4) is 0 Å². The molecule has 0 fully saturated rings. The van der Waals surface area contributed by atoms with Crippen molar-refractivity contribution in [3.8, 4) is 0 Å². The molecular formula is C14H4Cl4O8. The van der Waals surface area contributed by atoms with E-state index >= 15 is 0 Å². The smallest absolute Gasteiger partial charge is 0.337 e. The normalized spacial score (nSPS) is 10.8. The van der Waals surface area contributed by atoms with Gasteiger partial charge in [-0.1, -0.05) is 46.4 Å². The number of carboxylic acid groups (broad SMARTS) is 4. The van der Waals surface area contributed by atoms with Crippen LogP contribution in [-0.4, -0.2) is 44.3 Å². The Morgan fingerprint density at radius 3 is 0.731 bits per heavy atom. The molecule has 2 aromatic rings. The summed E-state index contributed by atoms with van der Waals surface area (Å²) in [7, 11) is 0. The lowest BCUT2D eigenvalue weighted by molar-refractivity contribution is 0.0675. The van der Waals surface area contributed by atoms with E-state index < -0.39 is 77.0 Å². The fourth-order valence-corrected chi connectivity index (χ4v) is 3.51. The maximum Gasteiger partial charge on any atom is 0.337 e. The van der Waals surface area contributed by atoms with E-state index in [9.17, 15) is 39.6 Å². The van der Waals surface area contributed by atoms with Crippen LogP contribution >= 0.6 is 46.4 Å². The number of carbonyl (C=O) groups is 4. The van der Waals surface area contributed by atoms with E-state index in [-0.39, 0.29) is 0 Å². The minimum absolute atomic E-state index is 0.790. The molecular weight excluding hydrogens is 438 g/mol. The molecule has 0 bridgehead atoms. The van der Waals surface area contributed by atoms with Crippen LogP contribution in [0.15, 0.2) is 0 Å². The van der Waals surface area contributed by atoms with Crippen molar-refractivity contribution in [3.63, 3.8) is 0 Å². The molecule has 0 aliphatic rings. The third-order valence-corrected chi connectivity index (χ3v) is 5.07. The molecule has 0 aliphatic heterocycles. The van der Waals surface area contributed by atoms with Crippen molar-refractivity contribution < 1.29 is 39.6 Å². The number of aromatic carboxylic acids is 4. The summed E-state index contributed by atoms with van der Waals surface area (Å²) < 4.78 is 0. The predicted octanol–water partition coefficient (Wildman–Crippen LogP) is 4.25. The molecule has 0 radical (unpaired) electrons. The van der Waals surface area contributed by atoms with Gasteiger partial charge in [0.1, 0.15) is 0 Å². The van der Waals surface area contributed by atoms with Crippen molar-refractivity contribution >= 4 is 81.1 Å². The average molecular weight is 442 g/mol. The van der Waals surface area contributed by atoms with Crippen LogP contribution < -0.4 is 0 Å². The second kappa shape index (κ2) is 6.81. The van der Waals surface area contributed by atoms with Crippen molar-refractivity contribution in [2.45, 2.75) is 0 Å². The molecule has 0 saturated carbocycles. The first kappa shape index (κ1) is 20.1. The van der Waals surface area contributed by atoms with Gasteiger partial charge in [0.15, 0.2) is 0 Å². The SMILES string of the molecule is O=C(O)c1c(Cl)c(Cl)c(C(=O)O)c2c(C(=O)O)c(Cl)c(Cl)c(C(=O)O)c12. The molecule has 0 heterocycles. The predicted molar refractivity (Wildman–Crippen MR) is 91.8 cm³/mol. The fourth-order valence-electron chi connectivity index (χ4n) is 2.43. The average Bonchev–Trinajstić information content (AvgIpc) is 2.49. The summed E-state index contributed by atoms with van der Waals surface area (Å²) in [5, 5.41) is 32.8. The highest BCUT2D eigenvalue weighted by molar-refractivity contribution is 6.51. The van der Waals surface area contributed by atoms with Crippen molar-refractivity contribution in [1.29, 1.82) is 0 Å². The van der Waals surface area contributed by atoms with Gasteiger partial charge in [-0.15, -0.1) is 0 Å². The number of hydrogen-bond donors (Lipinski definition) is 4. The second-order valence-corrected chi connectivity index (χ2v) is 6.24. The summed E-state index contributed by atoms with van der Waals surface area (Å²) in [4.78, 5) is 46.5. The van der Waals surface area contributed by atoms with Crippen molar-refractivity contribution in [1.82, 2.24) is 0 Å². The molecule has 0 unspecified atom stereocenters. The van der Waals surface area contributed by atoms with Crippen LogP contribution in [0.25, 0.3) is 10.8 Å². The number of rotatable bonds is 4. The molecule has 136 valence electrons. The molecule has 4 N–H and O–H groups in total. The zero-order valence-electron chi connectivity index (χ0n) is 11.9. The Labute approximate surface area is 163 Å². The molecule has 0 amide bonds. The molecule has 8 nitrogen and oxygen atoms in total. The zero-order chi connectivity index (χ0) is 20.1. The topological polar surface area (TPSA) is 149 Å². The largest absolute Gasteiger partial charge is 0.478 e. The maximum absolute atomic E-state index is 11.6. The lowest BCUT2D eigenvalue weighted by Crippen LogP contribution is -2.14. The minimum atomic E-state index is -1.78. The van der Waals surface area contributed by atoms with Crippen LogP contribution in [0.1, 0.15) is 41.4 Å². The van der Waals surface area contributed by atoms with Gasteiger partial charge in [0.25, 0.3) is 0 Å². The Bertz CT molecular complexity index is 883.